The van der Waals surface area contributed by atoms with Gasteiger partial charge in [-0.05, 0) is 0 Å². The summed E-state index contributed by atoms with van der Waals surface area (Å²) in [6.07, 6.45) is 0. The van der Waals surface area contributed by atoms with Gasteiger partial charge in [-0.3, -0.25) is 0 Å². The number of hydrogen-bond acceptors (Lipinski definition) is 0. The summed E-state index contributed by atoms with van der Waals surface area (Å²) < 4.78 is -5.08. The molecule has 0 aromatic carbocycles. The standard InChI is InChI=1S/Br8Si3.Cl8Si3/c2*1-9(2,3)11(7,8)10(4,5)6. The van der Waals surface area contributed by atoms with Gasteiger partial charge in [-0.15, -0.1) is 119 Å². The van der Waals surface area contributed by atoms with Crippen LogP contribution in [-0.2, 0) is 0 Å². The van der Waals surface area contributed by atoms with E-state index in [-0.39, 0.29) is 0 Å². The molecule has 0 bridgehead atoms. The van der Waals surface area contributed by atoms with E-state index in [2.05, 4.69) is 122 Å². The Morgan fingerprint density at radius 2 is 0.591 bits per heavy atom. The van der Waals surface area contributed by atoms with Crippen LogP contribution >= 0.6 is 211 Å². The van der Waals surface area contributed by atoms with Crippen LogP contribution in [0.3, 0.4) is 0 Å². The fourth-order valence-corrected chi connectivity index (χ4v) is 156. The van der Waals surface area contributed by atoms with E-state index in [1.165, 1.54) is 0 Å². The van der Waals surface area contributed by atoms with Crippen molar-refractivity contribution in [2.24, 2.45) is 0 Å². The van der Waals surface area contributed by atoms with Crippen molar-refractivity contribution in [1.29, 1.82) is 0 Å². The normalized spacial score (nSPS) is 15.3. The minimum Gasteiger partial charge on any atom is -0.144 e. The van der Waals surface area contributed by atoms with Crippen molar-refractivity contribution in [3.05, 3.63) is 0 Å². The van der Waals surface area contributed by atoms with Crippen LogP contribution in [0, 0.1) is 0 Å². The van der Waals surface area contributed by atoms with E-state index in [0.29, 0.717) is 0 Å². The maximum absolute atomic E-state index is 5.72. The second kappa shape index (κ2) is 11.4. The molecule has 0 N–H and O–H groups in total. The Morgan fingerprint density at radius 1 is 0.409 bits per heavy atom. The minimum atomic E-state index is -3.29. The summed E-state index contributed by atoms with van der Waals surface area (Å²) >= 11 is 74.0. The lowest BCUT2D eigenvalue weighted by molar-refractivity contribution is 3.34. The molecule has 0 spiro atoms. The van der Waals surface area contributed by atoms with Crippen molar-refractivity contribution in [3.63, 3.8) is 0 Å². The summed E-state index contributed by atoms with van der Waals surface area (Å²) in [5.41, 5.74) is -9.83. The van der Waals surface area contributed by atoms with Crippen LogP contribution in [0.1, 0.15) is 0 Å². The average Bonchev–Trinajstić information content (AvgIpc) is 2.10. The van der Waals surface area contributed by atoms with Gasteiger partial charge in [0, 0.05) is 0 Å². The first-order chi connectivity index (χ1) is 9.00. The highest BCUT2D eigenvalue weighted by Crippen LogP contribution is 2.55. The molecule has 0 rings (SSSR count). The number of hydrogen-bond donors (Lipinski definition) is 0. The minimum absolute atomic E-state index is 1.69. The Labute approximate surface area is 233 Å². The molecule has 0 atom stereocenters. The van der Waals surface area contributed by atoms with Crippen LogP contribution in [-0.4, -0.2) is 28.0 Å². The molecule has 0 saturated heterocycles. The molecule has 0 heterocycles. The Balaban J connectivity index is 0. The van der Waals surface area contributed by atoms with Crippen LogP contribution in [0.5, 0.6) is 0 Å². The van der Waals surface area contributed by atoms with Crippen molar-refractivity contribution in [2.75, 3.05) is 0 Å². The molecule has 136 valence electrons. The lowest BCUT2D eigenvalue weighted by atomic mass is 26.4. The molecular formula is Br8Cl8Si6. The molecule has 0 aromatic rings. The zero-order valence-electron chi connectivity index (χ0n) is 9.05. The number of rotatable bonds is 4. The van der Waals surface area contributed by atoms with Crippen LogP contribution in [0.4, 0.5) is 0 Å². The predicted molar refractivity (Wildman–Crippen MR) is 153 cm³/mol. The molecule has 0 aliphatic heterocycles. The Hall–Kier alpha value is 7.46. The van der Waals surface area contributed by atoms with E-state index < -0.39 is 28.0 Å². The molecule has 0 aliphatic rings. The van der Waals surface area contributed by atoms with Gasteiger partial charge in [-0.2, -0.15) is 0 Å². The van der Waals surface area contributed by atoms with E-state index in [1.807, 2.05) is 0 Å². The third-order valence-electron chi connectivity index (χ3n) is 1.42. The molecular weight excluding hydrogens is 1090 g/mol. The molecule has 0 saturated carbocycles. The van der Waals surface area contributed by atoms with Crippen LogP contribution < -0.4 is 0 Å². The molecule has 0 radical (unpaired) electrons. The van der Waals surface area contributed by atoms with Gasteiger partial charge in [-0.25, -0.2) is 0 Å². The highest BCUT2D eigenvalue weighted by Gasteiger charge is 2.67. The topological polar surface area (TPSA) is 0 Å². The fourth-order valence-electron chi connectivity index (χ4n) is 0.321. The summed E-state index contributed by atoms with van der Waals surface area (Å²) in [6.45, 7) is 0. The summed E-state index contributed by atoms with van der Waals surface area (Å²) in [4.78, 5) is 0. The molecule has 0 aliphatic carbocycles. The van der Waals surface area contributed by atoms with Gasteiger partial charge in [0.15, 0.2) is 0 Å². The molecule has 0 amide bonds. The maximum atomic E-state index is 5.72. The molecule has 0 fully saturated rings. The summed E-state index contributed by atoms with van der Waals surface area (Å²) in [6, 6.07) is 0. The zero-order chi connectivity index (χ0) is 19.0. The Bertz CT molecular complexity index is 293. The fraction of sp³-hybridized carbons (Fsp3) is 0. The van der Waals surface area contributed by atoms with E-state index in [0.717, 1.165) is 0 Å². The van der Waals surface area contributed by atoms with E-state index in [9.17, 15) is 0 Å². The summed E-state index contributed by atoms with van der Waals surface area (Å²) in [5.74, 6) is 0. The van der Waals surface area contributed by atoms with Crippen LogP contribution in [0.25, 0.3) is 0 Å². The van der Waals surface area contributed by atoms with Gasteiger partial charge in [0.2, 0.25) is 0 Å². The van der Waals surface area contributed by atoms with Gasteiger partial charge < -0.3 is 0 Å². The van der Waals surface area contributed by atoms with E-state index >= 15 is 0 Å². The maximum Gasteiger partial charge on any atom is 0.360 e. The van der Waals surface area contributed by atoms with Crippen LogP contribution in [0.15, 0.2) is 0 Å². The smallest absolute Gasteiger partial charge is 0.144 e. The SMILES string of the molecule is Br[Si](Br)(Br)[Si](Br)(Br)[Si](Br)(Br)Br.Cl[Si](Cl)(Cl)[Si](Cl)(Cl)[Si](Cl)(Cl)Cl. The summed E-state index contributed by atoms with van der Waals surface area (Å²) in [7, 11) is 0. The van der Waals surface area contributed by atoms with Crippen molar-refractivity contribution in [1.82, 2.24) is 0 Å². The third-order valence-corrected chi connectivity index (χ3v) is 202. The van der Waals surface area contributed by atoms with Crippen molar-refractivity contribution in [3.8, 4) is 0 Å². The van der Waals surface area contributed by atoms with Crippen molar-refractivity contribution in [2.45, 2.75) is 0 Å². The van der Waals surface area contributed by atoms with E-state index in [1.54, 1.807) is 0 Å². The quantitative estimate of drug-likeness (QED) is 0.195. The second-order valence-corrected chi connectivity index (χ2v) is 130. The van der Waals surface area contributed by atoms with Gasteiger partial charge >= 0.3 is 16.8 Å². The first kappa shape index (κ1) is 31.6. The molecule has 0 nitrogen and oxygen atoms in total. The third kappa shape index (κ3) is 10.2. The summed E-state index contributed by atoms with van der Waals surface area (Å²) in [5, 5.41) is 0. The molecule has 0 unspecified atom stereocenters. The second-order valence-electron chi connectivity index (χ2n) is 3.14. The Morgan fingerprint density at radius 3 is 0.591 bits per heavy atom. The highest BCUT2D eigenvalue weighted by molar-refractivity contribution is 9.89. The highest BCUT2D eigenvalue weighted by atomic mass is 80.0. The van der Waals surface area contributed by atoms with Crippen molar-refractivity contribution < 1.29 is 0 Å². The molecule has 0 aromatic heterocycles. The molecule has 22 heavy (non-hydrogen) atoms. The largest absolute Gasteiger partial charge is 0.360 e. The predicted octanol–water partition coefficient (Wildman–Crippen LogP) is 10.00. The first-order valence-electron chi connectivity index (χ1n) is 4.02. The average molecular weight is 1090 g/mol. The molecule has 22 heteroatoms. The lowest BCUT2D eigenvalue weighted by Gasteiger charge is -2.30. The Kier molecular flexibility index (Phi) is 16.3. The van der Waals surface area contributed by atoms with Crippen LogP contribution in [0.2, 0.25) is 0 Å². The zero-order valence-corrected chi connectivity index (χ0v) is 33.8. The van der Waals surface area contributed by atoms with E-state index in [4.69, 9.17) is 88.6 Å². The van der Waals surface area contributed by atoms with Gasteiger partial charge in [-0.1, -0.05) is 91.8 Å². The monoisotopic (exact) mass is 1080 g/mol. The lowest BCUT2D eigenvalue weighted by Crippen LogP contribution is -2.57. The number of halogens is 16. The van der Waals surface area contributed by atoms with Gasteiger partial charge in [0.05, 0.1) is 0 Å². The first-order valence-corrected chi connectivity index (χ1v) is 46.2. The van der Waals surface area contributed by atoms with Crippen molar-refractivity contribution >= 4 is 239 Å². The van der Waals surface area contributed by atoms with Gasteiger partial charge in [0.1, 0.15) is 0 Å². The van der Waals surface area contributed by atoms with Gasteiger partial charge in [0.25, 0.3) is 11.2 Å².